The first-order chi connectivity index (χ1) is 9.31. The maximum absolute atomic E-state index is 8.69. The zero-order valence-corrected chi connectivity index (χ0v) is 11.9. The normalized spacial score (nSPS) is 10.8. The van der Waals surface area contributed by atoms with Crippen LogP contribution in [0.15, 0.2) is 24.3 Å². The number of aliphatic hydroxyl groups is 1. The summed E-state index contributed by atoms with van der Waals surface area (Å²) >= 11 is 1.84. The number of para-hydroxylation sites is 2. The van der Waals surface area contributed by atoms with Crippen molar-refractivity contribution < 1.29 is 5.11 Å². The Morgan fingerprint density at radius 1 is 1.16 bits per heavy atom. The number of aryl methyl sites for hydroxylation is 1. The number of thioether (sulfide) groups is 1. The average molecular weight is 277 g/mol. The van der Waals surface area contributed by atoms with Gasteiger partial charge in [-0.15, -0.1) is 0 Å². The molecule has 19 heavy (non-hydrogen) atoms. The molecule has 102 valence electrons. The highest BCUT2D eigenvalue weighted by Crippen LogP contribution is 2.15. The van der Waals surface area contributed by atoms with Gasteiger partial charge in [-0.3, -0.25) is 0 Å². The second-order valence-electron chi connectivity index (χ2n) is 4.26. The van der Waals surface area contributed by atoms with Gasteiger partial charge < -0.3 is 10.4 Å². The van der Waals surface area contributed by atoms with Crippen LogP contribution in [0.4, 0.5) is 5.82 Å². The molecule has 0 radical (unpaired) electrons. The summed E-state index contributed by atoms with van der Waals surface area (Å²) in [5.41, 5.74) is 2.78. The molecule has 5 heteroatoms. The van der Waals surface area contributed by atoms with Crippen LogP contribution in [0, 0.1) is 6.92 Å². The van der Waals surface area contributed by atoms with Crippen LogP contribution in [-0.2, 0) is 0 Å². The summed E-state index contributed by atoms with van der Waals surface area (Å²) in [6.45, 7) is 3.11. The van der Waals surface area contributed by atoms with Crippen LogP contribution in [0.25, 0.3) is 11.0 Å². The lowest BCUT2D eigenvalue weighted by atomic mass is 10.3. The van der Waals surface area contributed by atoms with E-state index in [1.807, 2.05) is 43.0 Å². The Hall–Kier alpha value is -1.33. The van der Waals surface area contributed by atoms with Gasteiger partial charge in [0.15, 0.2) is 0 Å². The Bertz CT molecular complexity index is 533. The number of aliphatic hydroxyl groups excluding tert-OH is 1. The van der Waals surface area contributed by atoms with Crippen LogP contribution in [0.3, 0.4) is 0 Å². The molecule has 0 atom stereocenters. The predicted octanol–water partition coefficient (Wildman–Crippen LogP) is 2.47. The molecule has 0 unspecified atom stereocenters. The molecule has 0 amide bonds. The zero-order valence-electron chi connectivity index (χ0n) is 11.1. The summed E-state index contributed by atoms with van der Waals surface area (Å²) in [5, 5.41) is 12.0. The molecule has 1 heterocycles. The van der Waals surface area contributed by atoms with Crippen molar-refractivity contribution in [2.75, 3.05) is 30.0 Å². The molecular weight excluding hydrogens is 258 g/mol. The van der Waals surface area contributed by atoms with E-state index in [4.69, 9.17) is 5.11 Å². The van der Waals surface area contributed by atoms with E-state index < -0.39 is 0 Å². The number of hydrogen-bond donors (Lipinski definition) is 2. The lowest BCUT2D eigenvalue weighted by molar-refractivity contribution is 0.296. The molecule has 4 nitrogen and oxygen atoms in total. The van der Waals surface area contributed by atoms with E-state index in [0.717, 1.165) is 47.0 Å². The van der Waals surface area contributed by atoms with Gasteiger partial charge in [-0.1, -0.05) is 12.1 Å². The molecule has 1 aromatic carbocycles. The Balaban J connectivity index is 1.91. The van der Waals surface area contributed by atoms with Crippen molar-refractivity contribution in [2.24, 2.45) is 0 Å². The van der Waals surface area contributed by atoms with Gasteiger partial charge in [0.05, 0.1) is 16.7 Å². The van der Waals surface area contributed by atoms with E-state index in [9.17, 15) is 0 Å². The van der Waals surface area contributed by atoms with Crippen LogP contribution >= 0.6 is 11.8 Å². The fourth-order valence-electron chi connectivity index (χ4n) is 1.77. The average Bonchev–Trinajstić information content (AvgIpc) is 2.43. The molecule has 0 spiro atoms. The number of benzene rings is 1. The molecule has 1 aromatic heterocycles. The summed E-state index contributed by atoms with van der Waals surface area (Å²) in [6.07, 6.45) is 0.861. The van der Waals surface area contributed by atoms with Crippen molar-refractivity contribution in [3.8, 4) is 0 Å². The second-order valence-corrected chi connectivity index (χ2v) is 5.49. The first-order valence-electron chi connectivity index (χ1n) is 6.47. The standard InChI is InChI=1S/C14H19N3OS/c1-11-14(15-7-10-19-9-4-8-18)17-13-6-3-2-5-12(13)16-11/h2-3,5-6,18H,4,7-10H2,1H3,(H,15,17). The van der Waals surface area contributed by atoms with Crippen molar-refractivity contribution >= 4 is 28.6 Å². The molecule has 2 aromatic rings. The zero-order chi connectivity index (χ0) is 13.5. The quantitative estimate of drug-likeness (QED) is 0.761. The maximum atomic E-state index is 8.69. The molecular formula is C14H19N3OS. The number of aromatic nitrogens is 2. The first kappa shape index (κ1) is 14.1. The van der Waals surface area contributed by atoms with Crippen LogP contribution < -0.4 is 5.32 Å². The van der Waals surface area contributed by atoms with E-state index in [0.29, 0.717) is 0 Å². The predicted molar refractivity (Wildman–Crippen MR) is 81.8 cm³/mol. The minimum Gasteiger partial charge on any atom is -0.396 e. The largest absolute Gasteiger partial charge is 0.396 e. The van der Waals surface area contributed by atoms with E-state index in [1.165, 1.54) is 0 Å². The number of nitrogens with zero attached hydrogens (tertiary/aromatic N) is 2. The topological polar surface area (TPSA) is 58.0 Å². The highest BCUT2D eigenvalue weighted by Gasteiger charge is 2.03. The van der Waals surface area contributed by atoms with Gasteiger partial charge in [-0.25, -0.2) is 9.97 Å². The van der Waals surface area contributed by atoms with E-state index in [2.05, 4.69) is 15.3 Å². The maximum Gasteiger partial charge on any atom is 0.148 e. The van der Waals surface area contributed by atoms with Crippen LogP contribution in [0.2, 0.25) is 0 Å². The third kappa shape index (κ3) is 4.08. The third-order valence-corrected chi connectivity index (χ3v) is 3.80. The van der Waals surface area contributed by atoms with Crippen LogP contribution in [-0.4, -0.2) is 39.7 Å². The summed E-state index contributed by atoms with van der Waals surface area (Å²) in [4.78, 5) is 9.12. The van der Waals surface area contributed by atoms with Gasteiger partial charge in [-0.05, 0) is 31.2 Å². The molecule has 0 bridgehead atoms. The molecule has 0 aliphatic rings. The molecule has 2 rings (SSSR count). The Labute approximate surface area is 117 Å². The van der Waals surface area contributed by atoms with Gasteiger partial charge in [0.1, 0.15) is 5.82 Å². The van der Waals surface area contributed by atoms with Crippen molar-refractivity contribution in [2.45, 2.75) is 13.3 Å². The van der Waals surface area contributed by atoms with Gasteiger partial charge in [-0.2, -0.15) is 11.8 Å². The fraction of sp³-hybridized carbons (Fsp3) is 0.429. The van der Waals surface area contributed by atoms with Crippen molar-refractivity contribution in [3.63, 3.8) is 0 Å². The van der Waals surface area contributed by atoms with E-state index in [-0.39, 0.29) is 6.61 Å². The minimum atomic E-state index is 0.273. The van der Waals surface area contributed by atoms with Crippen molar-refractivity contribution in [3.05, 3.63) is 30.0 Å². The monoisotopic (exact) mass is 277 g/mol. The number of anilines is 1. The van der Waals surface area contributed by atoms with E-state index in [1.54, 1.807) is 0 Å². The number of nitrogens with one attached hydrogen (secondary N) is 1. The molecule has 0 saturated carbocycles. The summed E-state index contributed by atoms with van der Waals surface area (Å²) in [7, 11) is 0. The summed E-state index contributed by atoms with van der Waals surface area (Å²) in [6, 6.07) is 7.90. The van der Waals surface area contributed by atoms with Crippen molar-refractivity contribution in [1.29, 1.82) is 0 Å². The van der Waals surface area contributed by atoms with Gasteiger partial charge in [0, 0.05) is 18.9 Å². The summed E-state index contributed by atoms with van der Waals surface area (Å²) < 4.78 is 0. The number of rotatable bonds is 7. The SMILES string of the molecule is Cc1nc2ccccc2nc1NCCSCCCO. The lowest BCUT2D eigenvalue weighted by Crippen LogP contribution is -2.08. The number of fused-ring (bicyclic) bond motifs is 1. The van der Waals surface area contributed by atoms with Crippen molar-refractivity contribution in [1.82, 2.24) is 9.97 Å². The fourth-order valence-corrected chi connectivity index (χ4v) is 2.55. The van der Waals surface area contributed by atoms with Gasteiger partial charge in [0.2, 0.25) is 0 Å². The Morgan fingerprint density at radius 3 is 2.63 bits per heavy atom. The van der Waals surface area contributed by atoms with Crippen LogP contribution in [0.5, 0.6) is 0 Å². The molecule has 2 N–H and O–H groups in total. The number of hydrogen-bond acceptors (Lipinski definition) is 5. The van der Waals surface area contributed by atoms with Gasteiger partial charge >= 0.3 is 0 Å². The first-order valence-corrected chi connectivity index (χ1v) is 7.62. The third-order valence-electron chi connectivity index (χ3n) is 2.73. The molecule has 0 saturated heterocycles. The molecule has 0 aliphatic heterocycles. The van der Waals surface area contributed by atoms with Gasteiger partial charge in [0.25, 0.3) is 0 Å². The Morgan fingerprint density at radius 2 is 1.89 bits per heavy atom. The molecule has 0 aliphatic carbocycles. The second kappa shape index (κ2) is 7.31. The smallest absolute Gasteiger partial charge is 0.148 e. The molecule has 0 fully saturated rings. The summed E-state index contributed by atoms with van der Waals surface area (Å²) in [5.74, 6) is 2.87. The van der Waals surface area contributed by atoms with Crippen LogP contribution in [0.1, 0.15) is 12.1 Å². The lowest BCUT2D eigenvalue weighted by Gasteiger charge is -2.09. The van der Waals surface area contributed by atoms with E-state index >= 15 is 0 Å². The highest BCUT2D eigenvalue weighted by molar-refractivity contribution is 7.99. The highest BCUT2D eigenvalue weighted by atomic mass is 32.2. The Kier molecular flexibility index (Phi) is 5.42. The minimum absolute atomic E-state index is 0.273.